The molecule has 3 aromatic carbocycles. The van der Waals surface area contributed by atoms with Gasteiger partial charge in [-0.3, -0.25) is 9.59 Å². The second kappa shape index (κ2) is 10.7. The van der Waals surface area contributed by atoms with Crippen LogP contribution in [0.25, 0.3) is 11.5 Å². The molecule has 0 bridgehead atoms. The zero-order valence-corrected chi connectivity index (χ0v) is 19.3. The predicted octanol–water partition coefficient (Wildman–Crippen LogP) is 4.98. The molecule has 1 aromatic heterocycles. The first-order valence-electron chi connectivity index (χ1n) is 10.2. The second-order valence-corrected chi connectivity index (χ2v) is 8.01. The van der Waals surface area contributed by atoms with Gasteiger partial charge in [0, 0.05) is 28.4 Å². The van der Waals surface area contributed by atoms with Crippen LogP contribution in [-0.2, 0) is 0 Å². The van der Waals surface area contributed by atoms with Crippen molar-refractivity contribution in [3.8, 4) is 23.0 Å². The van der Waals surface area contributed by atoms with Crippen LogP contribution in [0.2, 0.25) is 0 Å². The Balaban J connectivity index is 1.35. The van der Waals surface area contributed by atoms with Crippen molar-refractivity contribution in [2.75, 3.05) is 25.3 Å². The van der Waals surface area contributed by atoms with E-state index in [1.54, 1.807) is 80.9 Å². The molecule has 0 atom stereocenters. The van der Waals surface area contributed by atoms with Crippen LogP contribution in [0, 0.1) is 0 Å². The molecule has 8 nitrogen and oxygen atoms in total. The third kappa shape index (κ3) is 5.62. The van der Waals surface area contributed by atoms with Crippen LogP contribution in [0.1, 0.15) is 20.7 Å². The highest BCUT2D eigenvalue weighted by Crippen LogP contribution is 2.30. The van der Waals surface area contributed by atoms with Gasteiger partial charge >= 0.3 is 0 Å². The summed E-state index contributed by atoms with van der Waals surface area (Å²) in [5.41, 5.74) is 2.33. The van der Waals surface area contributed by atoms with Crippen molar-refractivity contribution in [3.63, 3.8) is 0 Å². The van der Waals surface area contributed by atoms with Gasteiger partial charge in [-0.15, -0.1) is 10.2 Å². The maximum Gasteiger partial charge on any atom is 0.277 e. The van der Waals surface area contributed by atoms with Gasteiger partial charge in [0.2, 0.25) is 5.89 Å². The number of nitrogens with one attached hydrogen (secondary N) is 1. The Bertz CT molecular complexity index is 1270. The summed E-state index contributed by atoms with van der Waals surface area (Å²) in [4.78, 5) is 24.8. The van der Waals surface area contributed by atoms with Gasteiger partial charge in [-0.2, -0.15) is 0 Å². The predicted molar refractivity (Wildman–Crippen MR) is 129 cm³/mol. The van der Waals surface area contributed by atoms with E-state index in [1.807, 2.05) is 6.07 Å². The van der Waals surface area contributed by atoms with Crippen molar-refractivity contribution in [2.24, 2.45) is 0 Å². The van der Waals surface area contributed by atoms with Gasteiger partial charge in [0.1, 0.15) is 11.5 Å². The van der Waals surface area contributed by atoms with Gasteiger partial charge in [-0.25, -0.2) is 0 Å². The normalized spacial score (nSPS) is 10.5. The van der Waals surface area contributed by atoms with Crippen LogP contribution in [0.15, 0.2) is 82.4 Å². The molecule has 0 aliphatic heterocycles. The van der Waals surface area contributed by atoms with E-state index in [1.165, 1.54) is 0 Å². The van der Waals surface area contributed by atoms with Crippen molar-refractivity contribution in [3.05, 3.63) is 83.9 Å². The summed E-state index contributed by atoms with van der Waals surface area (Å²) in [6.45, 7) is 0. The number of carbonyl (C=O) groups is 2. The Morgan fingerprint density at radius 2 is 1.56 bits per heavy atom. The minimum Gasteiger partial charge on any atom is -0.497 e. The molecule has 172 valence electrons. The summed E-state index contributed by atoms with van der Waals surface area (Å²) in [5.74, 6) is 1.30. The van der Waals surface area contributed by atoms with Crippen LogP contribution in [0.3, 0.4) is 0 Å². The van der Waals surface area contributed by atoms with Gasteiger partial charge in [-0.05, 0) is 48.5 Å². The lowest BCUT2D eigenvalue weighted by molar-refractivity contribution is 0.101. The summed E-state index contributed by atoms with van der Waals surface area (Å²) in [7, 11) is 3.12. The summed E-state index contributed by atoms with van der Waals surface area (Å²) in [6, 6.07) is 20.9. The lowest BCUT2D eigenvalue weighted by Gasteiger charge is -2.06. The fourth-order valence-electron chi connectivity index (χ4n) is 3.06. The minimum atomic E-state index is -0.212. The molecule has 1 amide bonds. The fourth-order valence-corrected chi connectivity index (χ4v) is 3.72. The highest BCUT2D eigenvalue weighted by Gasteiger charge is 2.14. The molecule has 1 heterocycles. The number of hydrogen-bond donors (Lipinski definition) is 1. The summed E-state index contributed by atoms with van der Waals surface area (Å²) in [6.07, 6.45) is 0. The third-order valence-electron chi connectivity index (χ3n) is 4.83. The molecular weight excluding hydrogens is 454 g/mol. The molecule has 0 aliphatic carbocycles. The van der Waals surface area contributed by atoms with Gasteiger partial charge in [0.25, 0.3) is 11.1 Å². The number of nitrogens with zero attached hydrogens (tertiary/aromatic N) is 2. The smallest absolute Gasteiger partial charge is 0.277 e. The standard InChI is InChI=1S/C25H21N3O5S/c1-31-20-12-18(13-21(14-20)32-2)24-27-28-25(33-24)34-15-22(29)16-8-10-19(11-9-16)26-23(30)17-6-4-3-5-7-17/h3-14H,15H2,1-2H3,(H,26,30). The van der Waals surface area contributed by atoms with E-state index in [2.05, 4.69) is 15.5 Å². The fraction of sp³-hybridized carbons (Fsp3) is 0.120. The number of thioether (sulfide) groups is 1. The van der Waals surface area contributed by atoms with Crippen molar-refractivity contribution >= 4 is 29.1 Å². The Kier molecular flexibility index (Phi) is 7.24. The van der Waals surface area contributed by atoms with Crippen molar-refractivity contribution in [1.82, 2.24) is 10.2 Å². The molecule has 34 heavy (non-hydrogen) atoms. The van der Waals surface area contributed by atoms with Crippen LogP contribution in [0.4, 0.5) is 5.69 Å². The molecule has 4 rings (SSSR count). The Hall–Kier alpha value is -4.11. The Morgan fingerprint density at radius 1 is 0.882 bits per heavy atom. The largest absolute Gasteiger partial charge is 0.497 e. The minimum absolute atomic E-state index is 0.103. The number of aromatic nitrogens is 2. The maximum absolute atomic E-state index is 12.6. The number of ketones is 1. The highest BCUT2D eigenvalue weighted by atomic mass is 32.2. The molecule has 0 spiro atoms. The first-order valence-corrected chi connectivity index (χ1v) is 11.2. The number of methoxy groups -OCH3 is 2. The monoisotopic (exact) mass is 475 g/mol. The number of benzene rings is 3. The van der Waals surface area contributed by atoms with Crippen molar-refractivity contribution < 1.29 is 23.5 Å². The first kappa shape index (κ1) is 23.1. The van der Waals surface area contributed by atoms with E-state index in [0.717, 1.165) is 11.8 Å². The number of carbonyl (C=O) groups excluding carboxylic acids is 2. The molecule has 0 saturated heterocycles. The number of Topliss-reactive ketones (excluding diaryl/α,β-unsaturated/α-hetero) is 1. The average molecular weight is 476 g/mol. The number of amides is 1. The van der Waals surface area contributed by atoms with Crippen LogP contribution < -0.4 is 14.8 Å². The zero-order chi connectivity index (χ0) is 23.9. The zero-order valence-electron chi connectivity index (χ0n) is 18.5. The Morgan fingerprint density at radius 3 is 2.21 bits per heavy atom. The van der Waals surface area contributed by atoms with Gasteiger partial charge in [-0.1, -0.05) is 30.0 Å². The van der Waals surface area contributed by atoms with Crippen LogP contribution in [-0.4, -0.2) is 41.9 Å². The molecule has 0 saturated carbocycles. The van der Waals surface area contributed by atoms with Crippen molar-refractivity contribution in [1.29, 1.82) is 0 Å². The molecular formula is C25H21N3O5S. The van der Waals surface area contributed by atoms with E-state index in [-0.39, 0.29) is 22.7 Å². The second-order valence-electron chi connectivity index (χ2n) is 7.08. The number of hydrogen-bond acceptors (Lipinski definition) is 8. The SMILES string of the molecule is COc1cc(OC)cc(-c2nnc(SCC(=O)c3ccc(NC(=O)c4ccccc4)cc3)o2)c1. The average Bonchev–Trinajstić information content (AvgIpc) is 3.37. The van der Waals surface area contributed by atoms with Gasteiger partial charge in [0.05, 0.1) is 20.0 Å². The molecule has 0 unspecified atom stereocenters. The van der Waals surface area contributed by atoms with Crippen LogP contribution >= 0.6 is 11.8 Å². The quantitative estimate of drug-likeness (QED) is 0.267. The van der Waals surface area contributed by atoms with E-state index in [0.29, 0.717) is 39.8 Å². The topological polar surface area (TPSA) is 104 Å². The van der Waals surface area contributed by atoms with Crippen LogP contribution in [0.5, 0.6) is 11.5 Å². The van der Waals surface area contributed by atoms with Gasteiger partial charge < -0.3 is 19.2 Å². The Labute approximate surface area is 200 Å². The van der Waals surface area contributed by atoms with E-state index in [9.17, 15) is 9.59 Å². The number of ether oxygens (including phenoxy) is 2. The van der Waals surface area contributed by atoms with Crippen molar-refractivity contribution in [2.45, 2.75) is 5.22 Å². The lowest BCUT2D eigenvalue weighted by atomic mass is 10.1. The summed E-state index contributed by atoms with van der Waals surface area (Å²) in [5, 5.41) is 11.1. The molecule has 0 fully saturated rings. The number of rotatable bonds is 9. The van der Waals surface area contributed by atoms with E-state index in [4.69, 9.17) is 13.9 Å². The maximum atomic E-state index is 12.6. The van der Waals surface area contributed by atoms with Gasteiger partial charge in [0.15, 0.2) is 5.78 Å². The first-order chi connectivity index (χ1) is 16.6. The molecule has 1 N–H and O–H groups in total. The summed E-state index contributed by atoms with van der Waals surface area (Å²) < 4.78 is 16.2. The highest BCUT2D eigenvalue weighted by molar-refractivity contribution is 7.99. The third-order valence-corrected chi connectivity index (χ3v) is 5.65. The lowest BCUT2D eigenvalue weighted by Crippen LogP contribution is -2.11. The molecule has 9 heteroatoms. The number of anilines is 1. The molecule has 4 aromatic rings. The molecule has 0 aliphatic rings. The van der Waals surface area contributed by atoms with E-state index < -0.39 is 0 Å². The molecule has 0 radical (unpaired) electrons. The van der Waals surface area contributed by atoms with E-state index >= 15 is 0 Å². The summed E-state index contributed by atoms with van der Waals surface area (Å²) >= 11 is 1.15.